The SMILES string of the molecule is c1ccc2nc(NN=C3CCCC3)ccc2c1. The van der Waals surface area contributed by atoms with Crippen molar-refractivity contribution in [3.63, 3.8) is 0 Å². The lowest BCUT2D eigenvalue weighted by Crippen LogP contribution is -1.98. The summed E-state index contributed by atoms with van der Waals surface area (Å²) in [5.74, 6) is 0.822. The summed E-state index contributed by atoms with van der Waals surface area (Å²) in [6, 6.07) is 12.1. The lowest BCUT2D eigenvalue weighted by molar-refractivity contribution is 0.886. The van der Waals surface area contributed by atoms with Crippen molar-refractivity contribution < 1.29 is 0 Å². The molecule has 86 valence electrons. The first-order chi connectivity index (χ1) is 8.42. The number of hydrogen-bond donors (Lipinski definition) is 1. The number of hydrogen-bond acceptors (Lipinski definition) is 3. The predicted molar refractivity (Wildman–Crippen MR) is 71.3 cm³/mol. The lowest BCUT2D eigenvalue weighted by atomic mass is 10.2. The van der Waals surface area contributed by atoms with Crippen LogP contribution in [0.4, 0.5) is 5.82 Å². The van der Waals surface area contributed by atoms with Crippen LogP contribution in [0.2, 0.25) is 0 Å². The molecule has 3 rings (SSSR count). The maximum atomic E-state index is 4.52. The predicted octanol–water partition coefficient (Wildman–Crippen LogP) is 3.58. The third kappa shape index (κ3) is 2.28. The van der Waals surface area contributed by atoms with Gasteiger partial charge < -0.3 is 0 Å². The fourth-order valence-corrected chi connectivity index (χ4v) is 2.16. The zero-order valence-corrected chi connectivity index (χ0v) is 9.69. The molecule has 3 heteroatoms. The molecule has 1 fully saturated rings. The van der Waals surface area contributed by atoms with Gasteiger partial charge in [0.05, 0.1) is 5.52 Å². The van der Waals surface area contributed by atoms with Crippen molar-refractivity contribution in [2.45, 2.75) is 25.7 Å². The highest BCUT2D eigenvalue weighted by molar-refractivity contribution is 5.86. The Bertz CT molecular complexity index is 552. The van der Waals surface area contributed by atoms with Crippen LogP contribution in [0.1, 0.15) is 25.7 Å². The molecule has 0 aliphatic heterocycles. The number of benzene rings is 1. The van der Waals surface area contributed by atoms with E-state index in [0.717, 1.165) is 29.6 Å². The maximum Gasteiger partial charge on any atom is 0.146 e. The van der Waals surface area contributed by atoms with E-state index in [2.05, 4.69) is 27.6 Å². The van der Waals surface area contributed by atoms with Crippen molar-refractivity contribution in [2.75, 3.05) is 5.43 Å². The minimum absolute atomic E-state index is 0.822. The number of rotatable bonds is 2. The van der Waals surface area contributed by atoms with E-state index in [1.807, 2.05) is 24.3 Å². The van der Waals surface area contributed by atoms with Gasteiger partial charge in [-0.05, 0) is 43.9 Å². The fourth-order valence-electron chi connectivity index (χ4n) is 2.16. The Morgan fingerprint density at radius 1 is 1.00 bits per heavy atom. The summed E-state index contributed by atoms with van der Waals surface area (Å²) >= 11 is 0. The van der Waals surface area contributed by atoms with E-state index in [9.17, 15) is 0 Å². The van der Waals surface area contributed by atoms with Gasteiger partial charge in [-0.3, -0.25) is 5.43 Å². The van der Waals surface area contributed by atoms with Crippen LogP contribution in [0, 0.1) is 0 Å². The summed E-state index contributed by atoms with van der Waals surface area (Å²) in [6.45, 7) is 0. The van der Waals surface area contributed by atoms with Crippen molar-refractivity contribution in [1.29, 1.82) is 0 Å². The van der Waals surface area contributed by atoms with E-state index in [1.54, 1.807) is 0 Å². The Kier molecular flexibility index (Phi) is 2.74. The number of nitrogens with zero attached hydrogens (tertiary/aromatic N) is 2. The fraction of sp³-hybridized carbons (Fsp3) is 0.286. The van der Waals surface area contributed by atoms with Crippen LogP contribution >= 0.6 is 0 Å². The van der Waals surface area contributed by atoms with E-state index >= 15 is 0 Å². The molecule has 1 aromatic carbocycles. The van der Waals surface area contributed by atoms with Crippen molar-refractivity contribution in [2.24, 2.45) is 5.10 Å². The minimum atomic E-state index is 0.822. The first kappa shape index (κ1) is 10.3. The summed E-state index contributed by atoms with van der Waals surface area (Å²) in [5, 5.41) is 5.56. The molecule has 17 heavy (non-hydrogen) atoms. The van der Waals surface area contributed by atoms with Crippen molar-refractivity contribution >= 4 is 22.4 Å². The number of para-hydroxylation sites is 1. The number of anilines is 1. The van der Waals surface area contributed by atoms with Crippen LogP contribution in [0.25, 0.3) is 10.9 Å². The lowest BCUT2D eigenvalue weighted by Gasteiger charge is -2.02. The second-order valence-electron chi connectivity index (χ2n) is 4.39. The second kappa shape index (κ2) is 4.53. The zero-order valence-electron chi connectivity index (χ0n) is 9.69. The van der Waals surface area contributed by atoms with Crippen LogP contribution in [0.5, 0.6) is 0 Å². The van der Waals surface area contributed by atoms with E-state index in [4.69, 9.17) is 0 Å². The molecule has 1 aliphatic rings. The molecule has 0 radical (unpaired) electrons. The topological polar surface area (TPSA) is 37.3 Å². The molecule has 1 aromatic heterocycles. The molecule has 0 saturated heterocycles. The number of fused-ring (bicyclic) bond motifs is 1. The first-order valence-electron chi connectivity index (χ1n) is 6.09. The third-order valence-electron chi connectivity index (χ3n) is 3.11. The average molecular weight is 225 g/mol. The molecule has 0 amide bonds. The third-order valence-corrected chi connectivity index (χ3v) is 3.11. The molecule has 1 N–H and O–H groups in total. The Hall–Kier alpha value is -1.90. The molecule has 3 nitrogen and oxygen atoms in total. The molecular formula is C14H15N3. The summed E-state index contributed by atoms with van der Waals surface area (Å²) in [5.41, 5.74) is 5.32. The highest BCUT2D eigenvalue weighted by Crippen LogP contribution is 2.17. The molecule has 0 atom stereocenters. The molecule has 1 saturated carbocycles. The quantitative estimate of drug-likeness (QED) is 0.793. The number of aromatic nitrogens is 1. The Balaban J connectivity index is 1.83. The minimum Gasteiger partial charge on any atom is -0.261 e. The highest BCUT2D eigenvalue weighted by atomic mass is 15.3. The van der Waals surface area contributed by atoms with Gasteiger partial charge in [-0.1, -0.05) is 18.2 Å². The van der Waals surface area contributed by atoms with Crippen LogP contribution in [0.3, 0.4) is 0 Å². The Morgan fingerprint density at radius 2 is 1.82 bits per heavy atom. The second-order valence-corrected chi connectivity index (χ2v) is 4.39. The zero-order chi connectivity index (χ0) is 11.5. The van der Waals surface area contributed by atoms with E-state index in [1.165, 1.54) is 18.6 Å². The number of nitrogens with one attached hydrogen (secondary N) is 1. The largest absolute Gasteiger partial charge is 0.261 e. The number of pyridine rings is 1. The van der Waals surface area contributed by atoms with Crippen LogP contribution < -0.4 is 5.43 Å². The summed E-state index contributed by atoms with van der Waals surface area (Å²) in [4.78, 5) is 4.52. The number of hydrazone groups is 1. The molecular weight excluding hydrogens is 210 g/mol. The van der Waals surface area contributed by atoms with Crippen molar-refractivity contribution in [1.82, 2.24) is 4.98 Å². The molecule has 1 heterocycles. The van der Waals surface area contributed by atoms with Gasteiger partial charge in [-0.2, -0.15) is 5.10 Å². The smallest absolute Gasteiger partial charge is 0.146 e. The van der Waals surface area contributed by atoms with Gasteiger partial charge in [0, 0.05) is 11.1 Å². The summed E-state index contributed by atoms with van der Waals surface area (Å²) in [7, 11) is 0. The molecule has 0 spiro atoms. The van der Waals surface area contributed by atoms with E-state index in [-0.39, 0.29) is 0 Å². The van der Waals surface area contributed by atoms with Gasteiger partial charge in [0.25, 0.3) is 0 Å². The van der Waals surface area contributed by atoms with Crippen LogP contribution in [-0.4, -0.2) is 10.7 Å². The molecule has 1 aliphatic carbocycles. The van der Waals surface area contributed by atoms with Crippen molar-refractivity contribution in [3.05, 3.63) is 36.4 Å². The first-order valence-corrected chi connectivity index (χ1v) is 6.09. The van der Waals surface area contributed by atoms with Crippen LogP contribution in [0.15, 0.2) is 41.5 Å². The summed E-state index contributed by atoms with van der Waals surface area (Å²) < 4.78 is 0. The van der Waals surface area contributed by atoms with Gasteiger partial charge >= 0.3 is 0 Å². The normalized spacial score (nSPS) is 15.2. The molecule has 0 bridgehead atoms. The standard InChI is InChI=1S/C14H15N3/c1-4-8-13-11(5-1)9-10-14(15-13)17-16-12-6-2-3-7-12/h1,4-5,8-10H,2-3,6-7H2,(H,15,17). The maximum absolute atomic E-state index is 4.52. The van der Waals surface area contributed by atoms with Crippen molar-refractivity contribution in [3.8, 4) is 0 Å². The van der Waals surface area contributed by atoms with Crippen LogP contribution in [-0.2, 0) is 0 Å². The van der Waals surface area contributed by atoms with Gasteiger partial charge in [0.1, 0.15) is 5.82 Å². The van der Waals surface area contributed by atoms with E-state index < -0.39 is 0 Å². The highest BCUT2D eigenvalue weighted by Gasteiger charge is 2.07. The molecule has 0 unspecified atom stereocenters. The average Bonchev–Trinajstić information content (AvgIpc) is 2.89. The monoisotopic (exact) mass is 225 g/mol. The van der Waals surface area contributed by atoms with Gasteiger partial charge in [-0.25, -0.2) is 4.98 Å². The van der Waals surface area contributed by atoms with Gasteiger partial charge in [0.15, 0.2) is 0 Å². The Labute approximate surface area is 101 Å². The van der Waals surface area contributed by atoms with Gasteiger partial charge in [0.2, 0.25) is 0 Å². The Morgan fingerprint density at radius 3 is 2.71 bits per heavy atom. The molecule has 2 aromatic rings. The van der Waals surface area contributed by atoms with E-state index in [0.29, 0.717) is 0 Å². The van der Waals surface area contributed by atoms with Gasteiger partial charge in [-0.15, -0.1) is 0 Å². The summed E-state index contributed by atoms with van der Waals surface area (Å²) in [6.07, 6.45) is 4.79.